The minimum atomic E-state index is 0.939. The van der Waals surface area contributed by atoms with Crippen molar-refractivity contribution in [3.05, 3.63) is 54.4 Å². The predicted molar refractivity (Wildman–Crippen MR) is 65.9 cm³/mol. The third-order valence-electron chi connectivity index (χ3n) is 2.43. The van der Waals surface area contributed by atoms with Crippen LogP contribution in [0.4, 0.5) is 0 Å². The first-order chi connectivity index (χ1) is 7.77. The molecule has 0 amide bonds. The fraction of sp³-hybridized carbons (Fsp3) is 0.214. The summed E-state index contributed by atoms with van der Waals surface area (Å²) in [5, 5.41) is 0. The van der Waals surface area contributed by atoms with E-state index in [1.165, 1.54) is 11.1 Å². The van der Waals surface area contributed by atoms with E-state index in [2.05, 4.69) is 54.4 Å². The van der Waals surface area contributed by atoms with E-state index < -0.39 is 0 Å². The van der Waals surface area contributed by atoms with Crippen molar-refractivity contribution in [3.8, 4) is 11.1 Å². The quantitative estimate of drug-likeness (QED) is 0.775. The van der Waals surface area contributed by atoms with E-state index in [-0.39, 0.29) is 0 Å². The van der Waals surface area contributed by atoms with Gasteiger partial charge >= 0.3 is 0 Å². The van der Waals surface area contributed by atoms with Crippen molar-refractivity contribution in [3.63, 3.8) is 0 Å². The summed E-state index contributed by atoms with van der Waals surface area (Å²) in [6, 6.07) is 12.3. The number of hydrogen-bond donors (Lipinski definition) is 0. The molecule has 2 nitrogen and oxygen atoms in total. The van der Waals surface area contributed by atoms with Crippen LogP contribution in [0.15, 0.2) is 42.6 Å². The van der Waals surface area contributed by atoms with Crippen molar-refractivity contribution in [2.45, 2.75) is 6.54 Å². The first-order valence-corrected chi connectivity index (χ1v) is 5.32. The molecule has 1 heterocycles. The third-order valence-corrected chi connectivity index (χ3v) is 2.43. The van der Waals surface area contributed by atoms with E-state index in [4.69, 9.17) is 0 Å². The Balaban J connectivity index is 2.41. The highest BCUT2D eigenvalue weighted by atomic mass is 15.0. The molecule has 0 saturated heterocycles. The fourth-order valence-corrected chi connectivity index (χ4v) is 1.76. The van der Waals surface area contributed by atoms with Crippen molar-refractivity contribution in [2.24, 2.45) is 0 Å². The van der Waals surface area contributed by atoms with Crippen LogP contribution in [0.5, 0.6) is 0 Å². The molecule has 2 aromatic rings. The summed E-state index contributed by atoms with van der Waals surface area (Å²) in [6.07, 6.45) is 4.66. The third kappa shape index (κ3) is 2.47. The number of benzene rings is 1. The maximum atomic E-state index is 4.04. The smallest absolute Gasteiger partial charge is 0.0886 e. The van der Waals surface area contributed by atoms with E-state index in [0.717, 1.165) is 12.1 Å². The second kappa shape index (κ2) is 4.90. The molecule has 1 radical (unpaired) electrons. The van der Waals surface area contributed by atoms with Gasteiger partial charge in [-0.1, -0.05) is 30.3 Å². The molecule has 0 fully saturated rings. The van der Waals surface area contributed by atoms with Crippen LogP contribution < -0.4 is 0 Å². The highest BCUT2D eigenvalue weighted by Gasteiger charge is 2.04. The normalized spacial score (nSPS) is 10.7. The molecule has 1 aromatic carbocycles. The molecule has 0 atom stereocenters. The summed E-state index contributed by atoms with van der Waals surface area (Å²) >= 11 is 0. The van der Waals surface area contributed by atoms with Gasteiger partial charge in [-0.05, 0) is 31.3 Å². The number of pyridine rings is 1. The minimum Gasteiger partial charge on any atom is -0.305 e. The lowest BCUT2D eigenvalue weighted by molar-refractivity contribution is 0.403. The summed E-state index contributed by atoms with van der Waals surface area (Å²) in [4.78, 5) is 6.21. The summed E-state index contributed by atoms with van der Waals surface area (Å²) < 4.78 is 0. The first-order valence-electron chi connectivity index (χ1n) is 5.32. The predicted octanol–water partition coefficient (Wildman–Crippen LogP) is 2.61. The van der Waals surface area contributed by atoms with Crippen LogP contribution in [-0.4, -0.2) is 24.0 Å². The average Bonchev–Trinajstić information content (AvgIpc) is 2.30. The minimum absolute atomic E-state index is 0.939. The average molecular weight is 211 g/mol. The van der Waals surface area contributed by atoms with Crippen molar-refractivity contribution in [1.82, 2.24) is 9.88 Å². The highest BCUT2D eigenvalue weighted by Crippen LogP contribution is 2.23. The van der Waals surface area contributed by atoms with Crippen molar-refractivity contribution in [2.75, 3.05) is 14.1 Å². The lowest BCUT2D eigenvalue weighted by Crippen LogP contribution is -2.11. The Bertz CT molecular complexity index is 449. The summed E-state index contributed by atoms with van der Waals surface area (Å²) in [5.74, 6) is 0. The molecule has 0 unspecified atom stereocenters. The molecular formula is C14H15N2. The van der Waals surface area contributed by atoms with Gasteiger partial charge in [0, 0.05) is 18.3 Å². The van der Waals surface area contributed by atoms with E-state index >= 15 is 0 Å². The van der Waals surface area contributed by atoms with Crippen LogP contribution in [0.2, 0.25) is 0 Å². The number of hydrogen-bond acceptors (Lipinski definition) is 2. The van der Waals surface area contributed by atoms with Crippen LogP contribution >= 0.6 is 0 Å². The molecule has 2 heteroatoms. The van der Waals surface area contributed by atoms with Gasteiger partial charge in [0.25, 0.3) is 0 Å². The van der Waals surface area contributed by atoms with Crippen molar-refractivity contribution >= 4 is 0 Å². The summed E-state index contributed by atoms with van der Waals surface area (Å²) in [5.41, 5.74) is 3.72. The van der Waals surface area contributed by atoms with Crippen molar-refractivity contribution < 1.29 is 0 Å². The topological polar surface area (TPSA) is 16.1 Å². The van der Waals surface area contributed by atoms with E-state index in [1.807, 2.05) is 18.3 Å². The zero-order chi connectivity index (χ0) is 11.4. The van der Waals surface area contributed by atoms with Crippen LogP contribution in [0.25, 0.3) is 11.1 Å². The van der Waals surface area contributed by atoms with Gasteiger partial charge in [0.2, 0.25) is 0 Å². The Morgan fingerprint density at radius 2 is 2.00 bits per heavy atom. The Kier molecular flexibility index (Phi) is 3.32. The molecule has 0 spiro atoms. The molecule has 81 valence electrons. The number of rotatable bonds is 3. The zero-order valence-corrected chi connectivity index (χ0v) is 9.64. The number of nitrogens with zero attached hydrogens (tertiary/aromatic N) is 2. The lowest BCUT2D eigenvalue weighted by Gasteiger charge is -2.13. The first kappa shape index (κ1) is 10.8. The molecule has 0 aliphatic heterocycles. The molecule has 2 rings (SSSR count). The van der Waals surface area contributed by atoms with Crippen LogP contribution in [0.3, 0.4) is 0 Å². The molecule has 0 aliphatic rings. The Labute approximate surface area is 96.6 Å². The second-order valence-electron chi connectivity index (χ2n) is 4.07. The van der Waals surface area contributed by atoms with Gasteiger partial charge in [0.05, 0.1) is 6.20 Å². The largest absolute Gasteiger partial charge is 0.305 e. The zero-order valence-electron chi connectivity index (χ0n) is 9.64. The van der Waals surface area contributed by atoms with Crippen LogP contribution in [0, 0.1) is 6.20 Å². The summed E-state index contributed by atoms with van der Waals surface area (Å²) in [6.45, 7) is 0.939. The van der Waals surface area contributed by atoms with Gasteiger partial charge in [-0.15, -0.1) is 0 Å². The van der Waals surface area contributed by atoms with Gasteiger partial charge in [-0.25, -0.2) is 0 Å². The monoisotopic (exact) mass is 211 g/mol. The number of aromatic nitrogens is 1. The van der Waals surface area contributed by atoms with Gasteiger partial charge in [0.15, 0.2) is 0 Å². The van der Waals surface area contributed by atoms with E-state index in [9.17, 15) is 0 Å². The molecule has 0 saturated carbocycles. The Morgan fingerprint density at radius 1 is 1.19 bits per heavy atom. The van der Waals surface area contributed by atoms with Gasteiger partial charge in [0.1, 0.15) is 0 Å². The maximum Gasteiger partial charge on any atom is 0.0886 e. The van der Waals surface area contributed by atoms with E-state index in [1.54, 1.807) is 0 Å². The standard InChI is InChI=1S/C14H15N2/c1-16(2)11-13-6-3-4-8-14(13)12-7-5-9-15-10-12/h3-8,10H,11H2,1-2H3. The van der Waals surface area contributed by atoms with E-state index in [0.29, 0.717) is 0 Å². The Hall–Kier alpha value is -1.67. The SMILES string of the molecule is CN(C)Cc1ccccc1-c1cc[c]nc1. The van der Waals surface area contributed by atoms with Crippen LogP contribution in [-0.2, 0) is 6.54 Å². The molecule has 16 heavy (non-hydrogen) atoms. The second-order valence-corrected chi connectivity index (χ2v) is 4.07. The van der Waals surface area contributed by atoms with Gasteiger partial charge < -0.3 is 4.90 Å². The maximum absolute atomic E-state index is 4.04. The molecule has 0 aliphatic carbocycles. The lowest BCUT2D eigenvalue weighted by atomic mass is 10.0. The highest BCUT2D eigenvalue weighted by molar-refractivity contribution is 5.66. The Morgan fingerprint density at radius 3 is 2.69 bits per heavy atom. The molecular weight excluding hydrogens is 196 g/mol. The molecule has 0 N–H and O–H groups in total. The molecule has 1 aromatic heterocycles. The van der Waals surface area contributed by atoms with Crippen LogP contribution in [0.1, 0.15) is 5.56 Å². The molecule has 0 bridgehead atoms. The van der Waals surface area contributed by atoms with Gasteiger partial charge in [-0.2, -0.15) is 0 Å². The summed E-state index contributed by atoms with van der Waals surface area (Å²) in [7, 11) is 4.15. The van der Waals surface area contributed by atoms with Gasteiger partial charge in [-0.3, -0.25) is 4.98 Å². The fourth-order valence-electron chi connectivity index (χ4n) is 1.76. The van der Waals surface area contributed by atoms with Crippen molar-refractivity contribution in [1.29, 1.82) is 0 Å².